The lowest BCUT2D eigenvalue weighted by Gasteiger charge is -2.19. The molecule has 0 saturated heterocycles. The first-order valence-corrected chi connectivity index (χ1v) is 12.1. The smallest absolute Gasteiger partial charge is 0.261 e. The molecule has 2 N–H and O–H groups in total. The van der Waals surface area contributed by atoms with E-state index in [1.807, 2.05) is 24.3 Å². The van der Waals surface area contributed by atoms with Gasteiger partial charge in [-0.15, -0.1) is 0 Å². The molecule has 0 aliphatic heterocycles. The average Bonchev–Trinajstić information content (AvgIpc) is 3.50. The van der Waals surface area contributed by atoms with E-state index in [4.69, 9.17) is 0 Å². The Morgan fingerprint density at radius 1 is 1.00 bits per heavy atom. The van der Waals surface area contributed by atoms with Crippen molar-refractivity contribution in [2.75, 3.05) is 11.3 Å². The van der Waals surface area contributed by atoms with E-state index >= 15 is 0 Å². The van der Waals surface area contributed by atoms with Crippen LogP contribution in [0.4, 0.5) is 5.69 Å². The summed E-state index contributed by atoms with van der Waals surface area (Å²) < 4.78 is 28.1. The van der Waals surface area contributed by atoms with Crippen LogP contribution in [0.2, 0.25) is 0 Å². The molecule has 0 unspecified atom stereocenters. The first-order chi connectivity index (χ1) is 14.1. The number of carbonyl (C=O) groups excluding carboxylic acids is 1. The first kappa shape index (κ1) is 22.3. The molecule has 1 amide bonds. The van der Waals surface area contributed by atoms with Crippen LogP contribution in [0.15, 0.2) is 53.4 Å². The highest BCUT2D eigenvalue weighted by molar-refractivity contribution is 7.92. The highest BCUT2D eigenvalue weighted by Crippen LogP contribution is 2.48. The molecule has 30 heavy (non-hydrogen) atoms. The fraction of sp³-hybridized carbons (Fsp3) is 0.458. The van der Waals surface area contributed by atoms with Crippen LogP contribution in [-0.2, 0) is 25.6 Å². The summed E-state index contributed by atoms with van der Waals surface area (Å²) in [7, 11) is -3.67. The molecule has 0 atom stereocenters. The Morgan fingerprint density at radius 3 is 2.10 bits per heavy atom. The summed E-state index contributed by atoms with van der Waals surface area (Å²) in [5, 5.41) is 3.02. The van der Waals surface area contributed by atoms with Gasteiger partial charge in [-0.05, 0) is 60.1 Å². The van der Waals surface area contributed by atoms with Crippen LogP contribution in [0, 0.1) is 0 Å². The summed E-state index contributed by atoms with van der Waals surface area (Å²) in [4.78, 5) is 12.8. The number of unbranched alkanes of at least 4 members (excludes halogenated alkanes) is 1. The second kappa shape index (κ2) is 8.42. The monoisotopic (exact) mass is 428 g/mol. The van der Waals surface area contributed by atoms with E-state index in [9.17, 15) is 13.2 Å². The van der Waals surface area contributed by atoms with Crippen molar-refractivity contribution in [3.05, 3.63) is 59.7 Å². The third-order valence-corrected chi connectivity index (χ3v) is 7.12. The van der Waals surface area contributed by atoms with Crippen molar-refractivity contribution in [1.82, 2.24) is 5.32 Å². The summed E-state index contributed by atoms with van der Waals surface area (Å²) in [6.07, 6.45) is 3.67. The third-order valence-electron chi connectivity index (χ3n) is 5.72. The van der Waals surface area contributed by atoms with Gasteiger partial charge < -0.3 is 5.32 Å². The maximum Gasteiger partial charge on any atom is 0.261 e. The molecule has 3 rings (SSSR count). The Morgan fingerprint density at radius 2 is 1.60 bits per heavy atom. The van der Waals surface area contributed by atoms with Crippen LogP contribution < -0.4 is 10.0 Å². The summed E-state index contributed by atoms with van der Waals surface area (Å²) >= 11 is 0. The maximum atomic E-state index is 12.7. The molecule has 0 aromatic heterocycles. The van der Waals surface area contributed by atoms with Crippen LogP contribution in [0.3, 0.4) is 0 Å². The Kier molecular flexibility index (Phi) is 6.27. The molecule has 5 nitrogen and oxygen atoms in total. The van der Waals surface area contributed by atoms with Crippen LogP contribution in [0.25, 0.3) is 0 Å². The van der Waals surface area contributed by atoms with E-state index in [0.717, 1.165) is 36.8 Å². The fourth-order valence-corrected chi connectivity index (χ4v) is 4.58. The van der Waals surface area contributed by atoms with Gasteiger partial charge in [-0.2, -0.15) is 0 Å². The molecule has 6 heteroatoms. The van der Waals surface area contributed by atoms with Crippen LogP contribution in [-0.4, -0.2) is 20.9 Å². The zero-order valence-electron chi connectivity index (χ0n) is 18.3. The summed E-state index contributed by atoms with van der Waals surface area (Å²) in [5.74, 6) is 0.0724. The molecule has 0 bridgehead atoms. The predicted molar refractivity (Wildman–Crippen MR) is 121 cm³/mol. The second-order valence-electron chi connectivity index (χ2n) is 9.15. The van der Waals surface area contributed by atoms with Crippen molar-refractivity contribution in [2.24, 2.45) is 0 Å². The lowest BCUT2D eigenvalue weighted by molar-refractivity contribution is -0.123. The van der Waals surface area contributed by atoms with Crippen molar-refractivity contribution in [2.45, 2.75) is 69.1 Å². The molecule has 1 fully saturated rings. The molecule has 162 valence electrons. The molecule has 0 radical (unpaired) electrons. The lowest BCUT2D eigenvalue weighted by atomic mass is 9.87. The van der Waals surface area contributed by atoms with Crippen molar-refractivity contribution >= 4 is 21.6 Å². The van der Waals surface area contributed by atoms with E-state index in [0.29, 0.717) is 12.2 Å². The number of sulfonamides is 1. The van der Waals surface area contributed by atoms with Gasteiger partial charge in [0, 0.05) is 12.2 Å². The topological polar surface area (TPSA) is 75.3 Å². The molecule has 2 aromatic rings. The summed E-state index contributed by atoms with van der Waals surface area (Å²) in [6, 6.07) is 14.1. The predicted octanol–water partition coefficient (Wildman–Crippen LogP) is 4.73. The van der Waals surface area contributed by atoms with Crippen LogP contribution >= 0.6 is 0 Å². The minimum absolute atomic E-state index is 0.0346. The molecule has 2 aromatic carbocycles. The Bertz CT molecular complexity index is 984. The third kappa shape index (κ3) is 4.86. The van der Waals surface area contributed by atoms with Gasteiger partial charge in [0.2, 0.25) is 5.91 Å². The maximum absolute atomic E-state index is 12.7. The van der Waals surface area contributed by atoms with Gasteiger partial charge in [0.15, 0.2) is 0 Å². The van der Waals surface area contributed by atoms with Crippen molar-refractivity contribution in [3.63, 3.8) is 0 Å². The number of nitrogens with one attached hydrogen (secondary N) is 2. The van der Waals surface area contributed by atoms with Crippen molar-refractivity contribution < 1.29 is 13.2 Å². The average molecular weight is 429 g/mol. The molecule has 1 aliphatic carbocycles. The van der Waals surface area contributed by atoms with Gasteiger partial charge in [-0.3, -0.25) is 9.52 Å². The Balaban J connectivity index is 1.70. The number of anilines is 1. The Hall–Kier alpha value is -2.34. The molecular weight excluding hydrogens is 396 g/mol. The van der Waals surface area contributed by atoms with Crippen molar-refractivity contribution in [1.29, 1.82) is 0 Å². The standard InChI is InChI=1S/C24H32N2O3S/c1-5-6-17-25-22(27)24(15-16-24)19-7-11-20(12-8-19)26-30(28,29)21-13-9-18(10-14-21)23(2,3)4/h7-14,26H,5-6,15-17H2,1-4H3,(H,25,27). The zero-order chi connectivity index (χ0) is 22.0. The van der Waals surface area contributed by atoms with Gasteiger partial charge in [-0.1, -0.05) is 58.4 Å². The van der Waals surface area contributed by atoms with E-state index < -0.39 is 15.4 Å². The molecular formula is C24H32N2O3S. The number of hydrogen-bond donors (Lipinski definition) is 2. The number of hydrogen-bond acceptors (Lipinski definition) is 3. The second-order valence-corrected chi connectivity index (χ2v) is 10.8. The number of benzene rings is 2. The largest absolute Gasteiger partial charge is 0.355 e. The Labute approximate surface area is 180 Å². The normalized spacial score (nSPS) is 15.5. The van der Waals surface area contributed by atoms with Gasteiger partial charge >= 0.3 is 0 Å². The van der Waals surface area contributed by atoms with Crippen LogP contribution in [0.1, 0.15) is 64.5 Å². The number of rotatable bonds is 8. The van der Waals surface area contributed by atoms with E-state index in [1.165, 1.54) is 0 Å². The number of amides is 1. The zero-order valence-corrected chi connectivity index (χ0v) is 19.1. The highest BCUT2D eigenvalue weighted by atomic mass is 32.2. The van der Waals surface area contributed by atoms with Crippen LogP contribution in [0.5, 0.6) is 0 Å². The van der Waals surface area contributed by atoms with Gasteiger partial charge in [-0.25, -0.2) is 8.42 Å². The van der Waals surface area contributed by atoms with E-state index in [-0.39, 0.29) is 16.2 Å². The molecule has 0 heterocycles. The number of carbonyl (C=O) groups is 1. The van der Waals surface area contributed by atoms with Gasteiger partial charge in [0.1, 0.15) is 0 Å². The highest BCUT2D eigenvalue weighted by Gasteiger charge is 2.50. The van der Waals surface area contributed by atoms with Gasteiger partial charge in [0.05, 0.1) is 10.3 Å². The minimum atomic E-state index is -3.67. The summed E-state index contributed by atoms with van der Waals surface area (Å²) in [6.45, 7) is 9.06. The lowest BCUT2D eigenvalue weighted by Crippen LogP contribution is -2.35. The fourth-order valence-electron chi connectivity index (χ4n) is 3.53. The molecule has 1 aliphatic rings. The molecule has 1 saturated carbocycles. The SMILES string of the molecule is CCCCNC(=O)C1(c2ccc(NS(=O)(=O)c3ccc(C(C)(C)C)cc3)cc2)CC1. The van der Waals surface area contributed by atoms with E-state index in [1.54, 1.807) is 24.3 Å². The van der Waals surface area contributed by atoms with E-state index in [2.05, 4.69) is 37.7 Å². The summed E-state index contributed by atoms with van der Waals surface area (Å²) in [5.41, 5.74) is 2.02. The van der Waals surface area contributed by atoms with Gasteiger partial charge in [0.25, 0.3) is 10.0 Å². The first-order valence-electron chi connectivity index (χ1n) is 10.6. The molecule has 0 spiro atoms. The minimum Gasteiger partial charge on any atom is -0.355 e. The van der Waals surface area contributed by atoms with Crippen molar-refractivity contribution in [3.8, 4) is 0 Å². The quantitative estimate of drug-likeness (QED) is 0.597.